The van der Waals surface area contributed by atoms with E-state index in [0.29, 0.717) is 6.61 Å². The third-order valence-electron chi connectivity index (χ3n) is 3.66. The molecule has 0 bridgehead atoms. The molecule has 0 aliphatic rings. The number of aliphatic carboxylic acids is 1. The highest BCUT2D eigenvalue weighted by atomic mass is 16.5. The van der Waals surface area contributed by atoms with E-state index >= 15 is 0 Å². The van der Waals surface area contributed by atoms with Crippen molar-refractivity contribution in [3.63, 3.8) is 0 Å². The summed E-state index contributed by atoms with van der Waals surface area (Å²) in [4.78, 5) is 14.1. The van der Waals surface area contributed by atoms with Gasteiger partial charge in [0.05, 0.1) is 0 Å². The second-order valence-electron chi connectivity index (χ2n) is 5.26. The highest BCUT2D eigenvalue weighted by Gasteiger charge is 2.10. The van der Waals surface area contributed by atoms with Gasteiger partial charge in [-0.1, -0.05) is 30.3 Å². The zero-order valence-corrected chi connectivity index (χ0v) is 12.3. The highest BCUT2D eigenvalue weighted by molar-refractivity contribution is 5.89. The summed E-state index contributed by atoms with van der Waals surface area (Å²) in [7, 11) is 0. The Balaban J connectivity index is 1.86. The Morgan fingerprint density at radius 1 is 1.18 bits per heavy atom. The van der Waals surface area contributed by atoms with Gasteiger partial charge in [-0.25, -0.2) is 0 Å². The molecule has 4 nitrogen and oxygen atoms in total. The summed E-state index contributed by atoms with van der Waals surface area (Å²) in [5.74, 6) is -0.366. The van der Waals surface area contributed by atoms with Crippen LogP contribution < -0.4 is 9.84 Å². The smallest absolute Gasteiger partial charge is 0.120 e. The van der Waals surface area contributed by atoms with E-state index in [2.05, 4.69) is 4.98 Å². The third kappa shape index (κ3) is 2.96. The maximum atomic E-state index is 10.9. The highest BCUT2D eigenvalue weighted by Crippen LogP contribution is 2.27. The van der Waals surface area contributed by atoms with Gasteiger partial charge in [0.2, 0.25) is 0 Å². The number of rotatable bonds is 5. The van der Waals surface area contributed by atoms with Crippen LogP contribution in [-0.4, -0.2) is 11.0 Å². The van der Waals surface area contributed by atoms with E-state index in [4.69, 9.17) is 4.74 Å². The van der Waals surface area contributed by atoms with Crippen molar-refractivity contribution in [1.29, 1.82) is 0 Å². The van der Waals surface area contributed by atoms with Gasteiger partial charge < -0.3 is 19.6 Å². The third-order valence-corrected chi connectivity index (χ3v) is 3.66. The Kier molecular flexibility index (Phi) is 3.83. The standard InChI is InChI=1S/C18H17NO3/c1-12-15(10-18(20)21)16-9-14(7-8-17(16)19-12)22-11-13-5-3-2-4-6-13/h2-9,19H,10-11H2,1H3,(H,20,21)/p-1. The molecule has 1 N–H and O–H groups in total. The lowest BCUT2D eigenvalue weighted by Crippen LogP contribution is -2.24. The molecule has 3 rings (SSSR count). The van der Waals surface area contributed by atoms with Crippen molar-refractivity contribution in [2.24, 2.45) is 0 Å². The van der Waals surface area contributed by atoms with Crippen LogP contribution in [0.3, 0.4) is 0 Å². The van der Waals surface area contributed by atoms with E-state index in [0.717, 1.165) is 33.5 Å². The van der Waals surface area contributed by atoms with Crippen molar-refractivity contribution in [3.8, 4) is 5.75 Å². The van der Waals surface area contributed by atoms with Crippen molar-refractivity contribution in [3.05, 3.63) is 65.4 Å². The fraction of sp³-hybridized carbons (Fsp3) is 0.167. The lowest BCUT2D eigenvalue weighted by molar-refractivity contribution is -0.304. The van der Waals surface area contributed by atoms with Crippen LogP contribution >= 0.6 is 0 Å². The number of aromatic amines is 1. The second kappa shape index (κ2) is 5.93. The van der Waals surface area contributed by atoms with Gasteiger partial charge in [-0.05, 0) is 36.2 Å². The molecule has 0 saturated heterocycles. The van der Waals surface area contributed by atoms with E-state index in [-0.39, 0.29) is 6.42 Å². The van der Waals surface area contributed by atoms with Crippen molar-refractivity contribution < 1.29 is 14.6 Å². The van der Waals surface area contributed by atoms with Gasteiger partial charge in [0.25, 0.3) is 0 Å². The normalized spacial score (nSPS) is 10.8. The zero-order chi connectivity index (χ0) is 15.5. The van der Waals surface area contributed by atoms with Crippen LogP contribution in [0.4, 0.5) is 0 Å². The molecule has 0 saturated carbocycles. The number of benzene rings is 2. The molecule has 112 valence electrons. The minimum Gasteiger partial charge on any atom is -0.550 e. The van der Waals surface area contributed by atoms with Gasteiger partial charge in [-0.15, -0.1) is 0 Å². The van der Waals surface area contributed by atoms with Crippen molar-refractivity contribution >= 4 is 16.9 Å². The number of ether oxygens (including phenoxy) is 1. The molecule has 0 spiro atoms. The molecular weight excluding hydrogens is 278 g/mol. The van der Waals surface area contributed by atoms with Gasteiger partial charge in [0, 0.05) is 29.0 Å². The SMILES string of the molecule is Cc1[nH]c2ccc(OCc3ccccc3)cc2c1CC(=O)[O-]. The monoisotopic (exact) mass is 294 g/mol. The number of hydrogen-bond donors (Lipinski definition) is 1. The number of carbonyl (C=O) groups is 1. The van der Waals surface area contributed by atoms with Crippen LogP contribution in [0.2, 0.25) is 0 Å². The average Bonchev–Trinajstić information content (AvgIpc) is 2.81. The van der Waals surface area contributed by atoms with E-state index in [1.807, 2.05) is 55.5 Å². The Bertz CT molecular complexity index is 806. The number of carbonyl (C=O) groups excluding carboxylic acids is 1. The molecule has 4 heteroatoms. The van der Waals surface area contributed by atoms with Crippen molar-refractivity contribution in [2.75, 3.05) is 0 Å². The minimum absolute atomic E-state index is 0.103. The Labute approximate surface area is 128 Å². The van der Waals surface area contributed by atoms with Crippen LogP contribution in [0.5, 0.6) is 5.75 Å². The maximum Gasteiger partial charge on any atom is 0.120 e. The molecule has 2 aromatic carbocycles. The summed E-state index contributed by atoms with van der Waals surface area (Å²) in [6.07, 6.45) is -0.103. The first-order valence-electron chi connectivity index (χ1n) is 7.11. The molecule has 0 unspecified atom stereocenters. The summed E-state index contributed by atoms with van der Waals surface area (Å²) in [6, 6.07) is 15.6. The summed E-state index contributed by atoms with van der Waals surface area (Å²) in [5, 5.41) is 11.8. The van der Waals surface area contributed by atoms with Crippen LogP contribution in [0.15, 0.2) is 48.5 Å². The number of nitrogens with one attached hydrogen (secondary N) is 1. The molecule has 0 aliphatic heterocycles. The first kappa shape index (κ1) is 14.2. The maximum absolute atomic E-state index is 10.9. The van der Waals surface area contributed by atoms with Gasteiger partial charge in [-0.3, -0.25) is 0 Å². The van der Waals surface area contributed by atoms with Crippen LogP contribution in [0.1, 0.15) is 16.8 Å². The van der Waals surface area contributed by atoms with E-state index < -0.39 is 5.97 Å². The molecule has 22 heavy (non-hydrogen) atoms. The largest absolute Gasteiger partial charge is 0.550 e. The summed E-state index contributed by atoms with van der Waals surface area (Å²) in [5.41, 5.74) is 3.59. The quantitative estimate of drug-likeness (QED) is 0.785. The predicted molar refractivity (Wildman–Crippen MR) is 82.5 cm³/mol. The summed E-state index contributed by atoms with van der Waals surface area (Å²) < 4.78 is 5.79. The lowest BCUT2D eigenvalue weighted by atomic mass is 10.1. The Hall–Kier alpha value is -2.75. The number of carboxylic acids is 1. The van der Waals surface area contributed by atoms with Crippen LogP contribution in [0.25, 0.3) is 10.9 Å². The fourth-order valence-corrected chi connectivity index (χ4v) is 2.56. The zero-order valence-electron chi connectivity index (χ0n) is 12.3. The van der Waals surface area contributed by atoms with E-state index in [9.17, 15) is 9.90 Å². The average molecular weight is 294 g/mol. The molecule has 0 aliphatic carbocycles. The lowest BCUT2D eigenvalue weighted by Gasteiger charge is -2.07. The molecule has 0 atom stereocenters. The van der Waals surface area contributed by atoms with E-state index in [1.54, 1.807) is 0 Å². The topological polar surface area (TPSA) is 65.2 Å². The molecule has 0 fully saturated rings. The summed E-state index contributed by atoms with van der Waals surface area (Å²) in [6.45, 7) is 2.34. The van der Waals surface area contributed by atoms with Crippen LogP contribution in [0, 0.1) is 6.92 Å². The number of carboxylic acid groups (broad SMARTS) is 1. The number of H-pyrrole nitrogens is 1. The van der Waals surface area contributed by atoms with E-state index in [1.165, 1.54) is 0 Å². The Morgan fingerprint density at radius 3 is 2.68 bits per heavy atom. The fourth-order valence-electron chi connectivity index (χ4n) is 2.56. The van der Waals surface area contributed by atoms with Crippen molar-refractivity contribution in [1.82, 2.24) is 4.98 Å². The molecule has 3 aromatic rings. The van der Waals surface area contributed by atoms with Gasteiger partial charge in [-0.2, -0.15) is 0 Å². The first-order chi connectivity index (χ1) is 10.6. The summed E-state index contributed by atoms with van der Waals surface area (Å²) >= 11 is 0. The molecule has 1 heterocycles. The number of fused-ring (bicyclic) bond motifs is 1. The first-order valence-corrected chi connectivity index (χ1v) is 7.11. The molecule has 0 amide bonds. The number of aromatic nitrogens is 1. The van der Waals surface area contributed by atoms with Gasteiger partial charge in [0.1, 0.15) is 12.4 Å². The number of aryl methyl sites for hydroxylation is 1. The Morgan fingerprint density at radius 2 is 1.95 bits per heavy atom. The van der Waals surface area contributed by atoms with Gasteiger partial charge in [0.15, 0.2) is 0 Å². The molecule has 1 aromatic heterocycles. The van der Waals surface area contributed by atoms with Gasteiger partial charge >= 0.3 is 0 Å². The second-order valence-corrected chi connectivity index (χ2v) is 5.26. The molecule has 0 radical (unpaired) electrons. The van der Waals surface area contributed by atoms with Crippen molar-refractivity contribution in [2.45, 2.75) is 20.0 Å². The predicted octanol–water partition coefficient (Wildman–Crippen LogP) is 2.35. The van der Waals surface area contributed by atoms with Crippen LogP contribution in [-0.2, 0) is 17.8 Å². The molecular formula is C18H16NO3-. The number of hydrogen-bond acceptors (Lipinski definition) is 3. The minimum atomic E-state index is -1.08.